The highest BCUT2D eigenvalue weighted by Crippen LogP contribution is 2.36. The number of nitrogens with one attached hydrogen (secondary N) is 1. The molecule has 1 aromatic carbocycles. The van der Waals surface area contributed by atoms with Crippen LogP contribution in [0.2, 0.25) is 0 Å². The number of carbonyl (C=O) groups excluding carboxylic acids is 1. The fourth-order valence-electron chi connectivity index (χ4n) is 3.21. The largest absolute Gasteiger partial charge is 0.381 e. The molecule has 1 saturated carbocycles. The average molecular weight is 404 g/mol. The van der Waals surface area contributed by atoms with Crippen LogP contribution in [-0.4, -0.2) is 31.7 Å². The second kappa shape index (κ2) is 7.97. The summed E-state index contributed by atoms with van der Waals surface area (Å²) in [4.78, 5) is 12.9. The van der Waals surface area contributed by atoms with E-state index in [2.05, 4.69) is 21.2 Å². The summed E-state index contributed by atoms with van der Waals surface area (Å²) in [5.41, 5.74) is 6.70. The van der Waals surface area contributed by atoms with Gasteiger partial charge >= 0.3 is 0 Å². The summed E-state index contributed by atoms with van der Waals surface area (Å²) in [6.07, 6.45) is 3.84. The van der Waals surface area contributed by atoms with Crippen molar-refractivity contribution < 1.29 is 9.53 Å². The molecule has 0 aromatic heterocycles. The van der Waals surface area contributed by atoms with Gasteiger partial charge in [-0.25, -0.2) is 0 Å². The quantitative estimate of drug-likeness (QED) is 0.794. The van der Waals surface area contributed by atoms with E-state index in [9.17, 15) is 4.79 Å². The normalized spacial score (nSPS) is 21.1. The van der Waals surface area contributed by atoms with Crippen molar-refractivity contribution in [2.45, 2.75) is 37.1 Å². The second-order valence-corrected chi connectivity index (χ2v) is 7.33. The van der Waals surface area contributed by atoms with Crippen molar-refractivity contribution in [3.63, 3.8) is 0 Å². The minimum absolute atomic E-state index is 0. The topological polar surface area (TPSA) is 64.3 Å². The van der Waals surface area contributed by atoms with E-state index in [0.717, 1.165) is 22.9 Å². The Hall–Kier alpha value is -0.620. The molecular weight excluding hydrogens is 380 g/mol. The molecule has 1 atom stereocenters. The predicted molar refractivity (Wildman–Crippen MR) is 96.8 cm³/mol. The Morgan fingerprint density at radius 3 is 2.48 bits per heavy atom. The van der Waals surface area contributed by atoms with Gasteiger partial charge in [0.1, 0.15) is 0 Å². The van der Waals surface area contributed by atoms with Gasteiger partial charge in [0.05, 0.1) is 5.41 Å². The maximum absolute atomic E-state index is 12.9. The fourth-order valence-corrected chi connectivity index (χ4v) is 3.47. The van der Waals surface area contributed by atoms with E-state index in [0.29, 0.717) is 25.7 Å². The molecule has 1 saturated heterocycles. The summed E-state index contributed by atoms with van der Waals surface area (Å²) >= 11 is 3.46. The van der Waals surface area contributed by atoms with Gasteiger partial charge in [0.2, 0.25) is 5.91 Å². The van der Waals surface area contributed by atoms with E-state index in [1.165, 1.54) is 12.8 Å². The van der Waals surface area contributed by atoms with Crippen molar-refractivity contribution in [2.24, 2.45) is 11.7 Å². The first kappa shape index (κ1) is 18.7. The van der Waals surface area contributed by atoms with Crippen molar-refractivity contribution in [3.8, 4) is 0 Å². The Bertz CT molecular complexity index is 528. The van der Waals surface area contributed by atoms with Gasteiger partial charge in [0.25, 0.3) is 0 Å². The smallest absolute Gasteiger partial charge is 0.230 e. The molecule has 0 radical (unpaired) electrons. The maximum Gasteiger partial charge on any atom is 0.230 e. The van der Waals surface area contributed by atoms with Gasteiger partial charge in [-0.05, 0) is 49.3 Å². The molecule has 3 N–H and O–H groups in total. The van der Waals surface area contributed by atoms with Crippen LogP contribution in [0, 0.1) is 5.92 Å². The molecule has 2 fully saturated rings. The predicted octanol–water partition coefficient (Wildman–Crippen LogP) is 2.77. The van der Waals surface area contributed by atoms with Crippen LogP contribution in [0.15, 0.2) is 28.7 Å². The maximum atomic E-state index is 12.9. The van der Waals surface area contributed by atoms with Gasteiger partial charge in [0.15, 0.2) is 0 Å². The highest BCUT2D eigenvalue weighted by molar-refractivity contribution is 9.10. The zero-order valence-electron chi connectivity index (χ0n) is 13.1. The molecule has 4 nitrogen and oxygen atoms in total. The number of carbonyl (C=O) groups is 1. The number of nitrogens with two attached hydrogens (primary N) is 1. The van der Waals surface area contributed by atoms with Crippen LogP contribution >= 0.6 is 28.3 Å². The molecule has 3 rings (SSSR count). The van der Waals surface area contributed by atoms with Gasteiger partial charge in [-0.2, -0.15) is 0 Å². The summed E-state index contributed by atoms with van der Waals surface area (Å²) in [7, 11) is 0. The minimum Gasteiger partial charge on any atom is -0.381 e. The summed E-state index contributed by atoms with van der Waals surface area (Å²) in [6.45, 7) is 1.82. The fraction of sp³-hybridized carbons (Fsp3) is 0.588. The molecule has 0 spiro atoms. The standard InChI is InChI=1S/C17H23BrN2O2.ClH/c18-14-5-3-13(4-6-14)17(7-9-22-10-8-17)16(21)20-11-15(19)12-1-2-12;/h3-6,12,15H,1-2,7-11,19H2,(H,20,21);1H. The summed E-state index contributed by atoms with van der Waals surface area (Å²) < 4.78 is 6.50. The molecule has 1 aliphatic carbocycles. The third kappa shape index (κ3) is 4.27. The Morgan fingerprint density at radius 1 is 1.30 bits per heavy atom. The van der Waals surface area contributed by atoms with E-state index < -0.39 is 5.41 Å². The van der Waals surface area contributed by atoms with Crippen LogP contribution in [0.25, 0.3) is 0 Å². The van der Waals surface area contributed by atoms with Gasteiger partial charge in [-0.3, -0.25) is 4.79 Å². The first-order valence-corrected chi connectivity index (χ1v) is 8.79. The van der Waals surface area contributed by atoms with E-state index >= 15 is 0 Å². The molecule has 2 aliphatic rings. The molecule has 128 valence electrons. The van der Waals surface area contributed by atoms with E-state index in [1.807, 2.05) is 24.3 Å². The van der Waals surface area contributed by atoms with Gasteiger partial charge in [0, 0.05) is 30.3 Å². The third-order valence-electron chi connectivity index (χ3n) is 4.90. The van der Waals surface area contributed by atoms with Crippen molar-refractivity contribution in [1.29, 1.82) is 0 Å². The lowest BCUT2D eigenvalue weighted by molar-refractivity contribution is -0.130. The first-order valence-electron chi connectivity index (χ1n) is 7.99. The van der Waals surface area contributed by atoms with E-state index in [1.54, 1.807) is 0 Å². The van der Waals surface area contributed by atoms with Gasteiger partial charge in [-0.1, -0.05) is 28.1 Å². The zero-order valence-corrected chi connectivity index (χ0v) is 15.5. The lowest BCUT2D eigenvalue weighted by Gasteiger charge is -2.36. The Morgan fingerprint density at radius 2 is 1.91 bits per heavy atom. The van der Waals surface area contributed by atoms with Crippen LogP contribution in [0.4, 0.5) is 0 Å². The van der Waals surface area contributed by atoms with Crippen molar-refractivity contribution in [1.82, 2.24) is 5.32 Å². The van der Waals surface area contributed by atoms with Crippen molar-refractivity contribution in [3.05, 3.63) is 34.3 Å². The molecular formula is C17H24BrClN2O2. The zero-order chi connectivity index (χ0) is 15.6. The first-order chi connectivity index (χ1) is 10.6. The number of benzene rings is 1. The lowest BCUT2D eigenvalue weighted by Crippen LogP contribution is -2.50. The molecule has 6 heteroatoms. The molecule has 1 unspecified atom stereocenters. The van der Waals surface area contributed by atoms with E-state index in [-0.39, 0.29) is 24.4 Å². The van der Waals surface area contributed by atoms with Gasteiger partial charge < -0.3 is 15.8 Å². The van der Waals surface area contributed by atoms with Crippen molar-refractivity contribution >= 4 is 34.2 Å². The van der Waals surface area contributed by atoms with Crippen molar-refractivity contribution in [2.75, 3.05) is 19.8 Å². The number of ether oxygens (including phenoxy) is 1. The molecule has 23 heavy (non-hydrogen) atoms. The number of amides is 1. The molecule has 0 bridgehead atoms. The average Bonchev–Trinajstić information content (AvgIpc) is 3.38. The minimum atomic E-state index is -0.484. The molecule has 1 aliphatic heterocycles. The SMILES string of the molecule is Cl.NC(CNC(=O)C1(c2ccc(Br)cc2)CCOCC1)C1CC1. The number of hydrogen-bond donors (Lipinski definition) is 2. The monoisotopic (exact) mass is 402 g/mol. The third-order valence-corrected chi connectivity index (χ3v) is 5.43. The molecule has 1 heterocycles. The van der Waals surface area contributed by atoms with Crippen LogP contribution in [0.3, 0.4) is 0 Å². The highest BCUT2D eigenvalue weighted by atomic mass is 79.9. The van der Waals surface area contributed by atoms with Crippen LogP contribution < -0.4 is 11.1 Å². The summed E-state index contributed by atoms with van der Waals surface area (Å²) in [6, 6.07) is 8.16. The molecule has 1 amide bonds. The van der Waals surface area contributed by atoms with Crippen LogP contribution in [-0.2, 0) is 14.9 Å². The Kier molecular flexibility index (Phi) is 6.48. The second-order valence-electron chi connectivity index (χ2n) is 6.41. The van der Waals surface area contributed by atoms with E-state index in [4.69, 9.17) is 10.5 Å². The number of rotatable bonds is 5. The molecule has 1 aromatic rings. The lowest BCUT2D eigenvalue weighted by atomic mass is 9.73. The van der Waals surface area contributed by atoms with Crippen LogP contribution in [0.5, 0.6) is 0 Å². The van der Waals surface area contributed by atoms with Gasteiger partial charge in [-0.15, -0.1) is 12.4 Å². The highest BCUT2D eigenvalue weighted by Gasteiger charge is 2.42. The Labute approximate surface area is 152 Å². The Balaban J connectivity index is 0.00000192. The summed E-state index contributed by atoms with van der Waals surface area (Å²) in [5.74, 6) is 0.688. The summed E-state index contributed by atoms with van der Waals surface area (Å²) in [5, 5.41) is 3.10. The van der Waals surface area contributed by atoms with Crippen LogP contribution in [0.1, 0.15) is 31.2 Å². The number of halogens is 2. The number of hydrogen-bond acceptors (Lipinski definition) is 3.